The molecule has 3 aliphatic carbocycles. The molecule has 4 aliphatic rings. The fourth-order valence-electron chi connectivity index (χ4n) is 12.0. The van der Waals surface area contributed by atoms with Crippen molar-refractivity contribution in [1.82, 2.24) is 15.0 Å². The Balaban J connectivity index is 0.000000198. The predicted molar refractivity (Wildman–Crippen MR) is 413 cm³/mol. The lowest BCUT2D eigenvalue weighted by atomic mass is 9.73. The number of nitrogens with zero attached hydrogens (tertiary/aromatic N) is 3. The van der Waals surface area contributed by atoms with Crippen molar-refractivity contribution in [3.05, 3.63) is 105 Å². The Bertz CT molecular complexity index is 3760. The number of thiazole rings is 3. The topological polar surface area (TPSA) is 175 Å². The zero-order valence-electron chi connectivity index (χ0n) is 62.5. The molecule has 98 heavy (non-hydrogen) atoms. The molecule has 3 unspecified atom stereocenters. The SMILES string of the molecule is Brc1nccs1.CCOC(=O)C(OC(C)(C)C)c1c(C)sc(-c2nccs2)c1C1=CCC(C)(C)CC1.CCOC(=O)C(OC(C)(C)C)c1c(C)sc(B2OC(C)(C)C(C)(C)O2)c1C1=CCC(C)(C)CC1.Cc1sc(-c2nccs2)c(C2=CCC(C)(C)CC2)c1C(OC(C)(C)C)C(=O)O. The van der Waals surface area contributed by atoms with E-state index < -0.39 is 59.4 Å². The van der Waals surface area contributed by atoms with Gasteiger partial charge in [-0.15, -0.1) is 68.0 Å². The fraction of sp³-hybridized carbons (Fsp3) is 0.605. The van der Waals surface area contributed by atoms with Crippen molar-refractivity contribution in [2.75, 3.05) is 13.2 Å². The highest BCUT2D eigenvalue weighted by Crippen LogP contribution is 2.52. The van der Waals surface area contributed by atoms with Gasteiger partial charge < -0.3 is 38.1 Å². The number of rotatable bonds is 17. The maximum atomic E-state index is 13.2. The number of aromatic nitrogens is 3. The molecular weight excluding hydrogens is 1410 g/mol. The van der Waals surface area contributed by atoms with Crippen LogP contribution in [0.15, 0.2) is 56.9 Å². The van der Waals surface area contributed by atoms with Gasteiger partial charge in [-0.05, 0) is 237 Å². The Morgan fingerprint density at radius 2 is 0.867 bits per heavy atom. The van der Waals surface area contributed by atoms with Crippen LogP contribution in [0.4, 0.5) is 0 Å². The van der Waals surface area contributed by atoms with E-state index in [4.69, 9.17) is 33.0 Å². The summed E-state index contributed by atoms with van der Waals surface area (Å²) in [5, 5.41) is 17.8. The second kappa shape index (κ2) is 32.7. The molecule has 0 aromatic carbocycles. The van der Waals surface area contributed by atoms with E-state index in [1.54, 1.807) is 80.4 Å². The number of carboxylic acids is 1. The summed E-state index contributed by atoms with van der Waals surface area (Å²) in [4.78, 5) is 56.7. The Morgan fingerprint density at radius 3 is 1.16 bits per heavy atom. The molecule has 538 valence electrons. The molecule has 6 aromatic heterocycles. The summed E-state index contributed by atoms with van der Waals surface area (Å²) in [5.41, 5.74) is 8.04. The van der Waals surface area contributed by atoms with Gasteiger partial charge in [0.1, 0.15) is 10.0 Å². The number of ether oxygens (including phenoxy) is 5. The molecule has 22 heteroatoms. The second-order valence-corrected chi connectivity index (χ2v) is 39.5. The van der Waals surface area contributed by atoms with E-state index in [2.05, 4.69) is 132 Å². The van der Waals surface area contributed by atoms with Crippen LogP contribution in [-0.4, -0.2) is 86.3 Å². The molecule has 0 spiro atoms. The fourth-order valence-corrected chi connectivity index (χ4v) is 17.9. The van der Waals surface area contributed by atoms with Crippen LogP contribution in [0.5, 0.6) is 0 Å². The van der Waals surface area contributed by atoms with Crippen LogP contribution in [0, 0.1) is 37.0 Å². The van der Waals surface area contributed by atoms with E-state index in [9.17, 15) is 19.5 Å². The number of halogens is 1. The van der Waals surface area contributed by atoms with E-state index in [-0.39, 0.29) is 22.8 Å². The van der Waals surface area contributed by atoms with Crippen molar-refractivity contribution >= 4 is 130 Å². The van der Waals surface area contributed by atoms with E-state index in [1.165, 1.54) is 16.7 Å². The third-order valence-corrected chi connectivity index (χ3v) is 24.4. The van der Waals surface area contributed by atoms with Gasteiger partial charge >= 0.3 is 25.0 Å². The van der Waals surface area contributed by atoms with Crippen LogP contribution in [-0.2, 0) is 47.4 Å². The number of hydrogen-bond donors (Lipinski definition) is 1. The molecule has 6 aromatic rings. The van der Waals surface area contributed by atoms with Gasteiger partial charge in [0.25, 0.3) is 0 Å². The molecule has 1 aliphatic heterocycles. The second-order valence-electron chi connectivity index (χ2n) is 31.9. The van der Waals surface area contributed by atoms with Gasteiger partial charge in [-0.2, -0.15) is 0 Å². The Hall–Kier alpha value is -4.04. The average Bonchev–Trinajstić information content (AvgIpc) is 1.60. The van der Waals surface area contributed by atoms with Crippen molar-refractivity contribution in [3.8, 4) is 19.8 Å². The highest BCUT2D eigenvalue weighted by atomic mass is 79.9. The summed E-state index contributed by atoms with van der Waals surface area (Å²) >= 11 is 13.0. The zero-order chi connectivity index (χ0) is 72.9. The maximum Gasteiger partial charge on any atom is 0.506 e. The maximum absolute atomic E-state index is 13.2. The number of allylic oxidation sites excluding steroid dienone is 6. The highest BCUT2D eigenvalue weighted by molar-refractivity contribution is 9.11. The van der Waals surface area contributed by atoms with Gasteiger partial charge in [0.15, 0.2) is 22.2 Å². The third kappa shape index (κ3) is 21.3. The Labute approximate surface area is 617 Å². The monoisotopic (exact) mass is 1520 g/mol. The number of aryl methyl sites for hydroxylation is 3. The van der Waals surface area contributed by atoms with Gasteiger partial charge in [0, 0.05) is 82.0 Å². The van der Waals surface area contributed by atoms with Gasteiger partial charge in [-0.25, -0.2) is 29.3 Å². The van der Waals surface area contributed by atoms with Crippen molar-refractivity contribution < 1.29 is 52.5 Å². The van der Waals surface area contributed by atoms with Crippen LogP contribution in [0.3, 0.4) is 0 Å². The van der Waals surface area contributed by atoms with Crippen molar-refractivity contribution in [2.24, 2.45) is 16.2 Å². The number of hydrogen-bond acceptors (Lipinski definition) is 19. The molecular formula is C76H107BBrN3O11S6. The van der Waals surface area contributed by atoms with E-state index in [0.717, 1.165) is 134 Å². The molecule has 0 bridgehead atoms. The molecule has 1 N–H and O–H groups in total. The first kappa shape index (κ1) is 81.3. The van der Waals surface area contributed by atoms with Crippen LogP contribution in [0.1, 0.15) is 270 Å². The minimum absolute atomic E-state index is 0.266. The standard InChI is InChI=1S/C27H43BO5S.C24H33NO3S2.C22H29NO3S2.C3H2BrNS/c1-12-30-23(29)21(31-24(3,4)5)19-17(2)34-22(28-32-26(8,9)27(10,11)33-28)20(19)18-13-15-25(6,7)16-14-18;1-8-27-22(26)19(28-23(3,4)5)17-15(2)30-20(21-25-13-14-29-21)18(17)16-9-11-24(6,7)12-10-16;1-13-15(17(20(24)25)26-21(2,3)4)16(14-7-9-22(5,6)10-8-14)18(28-13)19-23-11-12-27-19;4-3-5-1-2-6-3/h13,21H,12,14-16H2,1-11H3;9,13-14,19H,8,10-12H2,1-7H3;7,11-12,17H,8-10H2,1-6H3,(H,24,25);1-2H. The van der Waals surface area contributed by atoms with E-state index in [0.29, 0.717) is 18.6 Å². The molecule has 3 atom stereocenters. The lowest BCUT2D eigenvalue weighted by Crippen LogP contribution is -2.41. The largest absolute Gasteiger partial charge is 0.506 e. The number of carbonyl (C=O) groups is 3. The molecule has 1 fully saturated rings. The lowest BCUT2D eigenvalue weighted by Gasteiger charge is -2.32. The smallest absolute Gasteiger partial charge is 0.479 e. The number of carbonyl (C=O) groups excluding carboxylic acids is 2. The summed E-state index contributed by atoms with van der Waals surface area (Å²) in [5.74, 6) is -1.62. The van der Waals surface area contributed by atoms with E-state index in [1.807, 2.05) is 105 Å². The van der Waals surface area contributed by atoms with Crippen molar-refractivity contribution in [2.45, 2.75) is 270 Å². The van der Waals surface area contributed by atoms with Crippen molar-refractivity contribution in [3.63, 3.8) is 0 Å². The van der Waals surface area contributed by atoms with Gasteiger partial charge in [-0.1, -0.05) is 59.8 Å². The normalized spacial score (nSPS) is 18.8. The molecule has 0 radical (unpaired) electrons. The quantitative estimate of drug-likeness (QED) is 0.0674. The van der Waals surface area contributed by atoms with Gasteiger partial charge in [0.05, 0.1) is 51.0 Å². The van der Waals surface area contributed by atoms with Gasteiger partial charge in [0.2, 0.25) is 0 Å². The van der Waals surface area contributed by atoms with Crippen LogP contribution < -0.4 is 4.78 Å². The summed E-state index contributed by atoms with van der Waals surface area (Å²) < 4.78 is 44.6. The van der Waals surface area contributed by atoms with Gasteiger partial charge in [-0.3, -0.25) is 0 Å². The third-order valence-electron chi connectivity index (χ3n) is 17.8. The Kier molecular flexibility index (Phi) is 27.2. The van der Waals surface area contributed by atoms with Crippen molar-refractivity contribution in [1.29, 1.82) is 0 Å². The van der Waals surface area contributed by atoms with Crippen LogP contribution in [0.2, 0.25) is 0 Å². The molecule has 14 nitrogen and oxygen atoms in total. The molecule has 7 heterocycles. The first-order valence-electron chi connectivity index (χ1n) is 34.2. The summed E-state index contributed by atoms with van der Waals surface area (Å²) in [6.45, 7) is 50.0. The number of carboxylic acid groups (broad SMARTS) is 1. The summed E-state index contributed by atoms with van der Waals surface area (Å²) in [7, 11) is -0.495. The van der Waals surface area contributed by atoms with Crippen LogP contribution in [0.25, 0.3) is 36.5 Å². The number of esters is 2. The molecule has 1 saturated heterocycles. The highest BCUT2D eigenvalue weighted by Gasteiger charge is 2.54. The summed E-state index contributed by atoms with van der Waals surface area (Å²) in [6.07, 6.45) is 19.0. The average molecular weight is 1520 g/mol. The van der Waals surface area contributed by atoms with E-state index >= 15 is 0 Å². The first-order valence-corrected chi connectivity index (χ1v) is 40.0. The zero-order valence-corrected chi connectivity index (χ0v) is 69.0. The molecule has 0 saturated carbocycles. The predicted octanol–water partition coefficient (Wildman–Crippen LogP) is 22.2. The number of aliphatic carboxylic acids is 1. The van der Waals surface area contributed by atoms with Crippen LogP contribution >= 0.6 is 84.0 Å². The molecule has 0 amide bonds. The minimum atomic E-state index is -0.990. The summed E-state index contributed by atoms with van der Waals surface area (Å²) in [6, 6.07) is 0. The number of thiophene rings is 3. The minimum Gasteiger partial charge on any atom is -0.479 e. The Morgan fingerprint density at radius 1 is 0.531 bits per heavy atom. The molecule has 10 rings (SSSR count). The lowest BCUT2D eigenvalue weighted by molar-refractivity contribution is -0.167. The first-order chi connectivity index (χ1) is 45.4.